The topological polar surface area (TPSA) is 45.8 Å². The average Bonchev–Trinajstić information content (AvgIpc) is 2.59. The molecule has 1 aromatic carbocycles. The number of aryl methyl sites for hydroxylation is 1. The number of aldehydes is 1. The van der Waals surface area contributed by atoms with Gasteiger partial charge in [0, 0.05) is 5.56 Å². The smallest absolute Gasteiger partial charge is 0.169 e. The zero-order valence-electron chi connectivity index (χ0n) is 8.12. The van der Waals surface area contributed by atoms with Crippen molar-refractivity contribution in [2.75, 3.05) is 0 Å². The number of H-pyrrole nitrogens is 1. The van der Waals surface area contributed by atoms with E-state index in [2.05, 4.69) is 26.1 Å². The van der Waals surface area contributed by atoms with Gasteiger partial charge in [0.1, 0.15) is 11.4 Å². The first-order valence-corrected chi connectivity index (χ1v) is 5.27. The van der Waals surface area contributed by atoms with E-state index in [0.29, 0.717) is 10.2 Å². The van der Waals surface area contributed by atoms with E-state index in [-0.39, 0.29) is 0 Å². The fourth-order valence-electron chi connectivity index (χ4n) is 1.40. The summed E-state index contributed by atoms with van der Waals surface area (Å²) in [5, 5.41) is 6.77. The summed E-state index contributed by atoms with van der Waals surface area (Å²) in [4.78, 5) is 10.6. The minimum atomic E-state index is 0.464. The Hall–Kier alpha value is -1.42. The van der Waals surface area contributed by atoms with Crippen LogP contribution < -0.4 is 0 Å². The summed E-state index contributed by atoms with van der Waals surface area (Å²) >= 11 is 3.35. The van der Waals surface area contributed by atoms with Crippen LogP contribution in [0.3, 0.4) is 0 Å². The van der Waals surface area contributed by atoms with Gasteiger partial charge in [-0.1, -0.05) is 23.8 Å². The molecule has 0 aliphatic rings. The third-order valence-corrected chi connectivity index (χ3v) is 2.94. The number of aromatic amines is 1. The van der Waals surface area contributed by atoms with Crippen LogP contribution in [-0.4, -0.2) is 16.5 Å². The average molecular weight is 265 g/mol. The predicted octanol–water partition coefficient (Wildman–Crippen LogP) is 2.96. The fourth-order valence-corrected chi connectivity index (χ4v) is 1.90. The summed E-state index contributed by atoms with van der Waals surface area (Å²) in [6.45, 7) is 2.02. The monoisotopic (exact) mass is 264 g/mol. The predicted molar refractivity (Wildman–Crippen MR) is 61.8 cm³/mol. The molecule has 76 valence electrons. The Balaban J connectivity index is 2.54. The van der Waals surface area contributed by atoms with Gasteiger partial charge in [-0.25, -0.2) is 0 Å². The number of hydrogen-bond donors (Lipinski definition) is 1. The molecule has 0 atom stereocenters. The molecule has 0 aliphatic heterocycles. The summed E-state index contributed by atoms with van der Waals surface area (Å²) in [6, 6.07) is 7.97. The number of halogens is 1. The molecule has 2 rings (SSSR count). The molecule has 1 heterocycles. The number of nitrogens with zero attached hydrogens (tertiary/aromatic N) is 1. The van der Waals surface area contributed by atoms with Gasteiger partial charge in [0.25, 0.3) is 0 Å². The third-order valence-electron chi connectivity index (χ3n) is 2.14. The van der Waals surface area contributed by atoms with Gasteiger partial charge in [0.15, 0.2) is 6.29 Å². The standard InChI is InChI=1S/C11H9BrN2O/c1-7-3-2-4-8(5-7)11-10(12)9(6-15)13-14-11/h2-6H,1H3,(H,13,14). The van der Waals surface area contributed by atoms with Crippen LogP contribution >= 0.6 is 15.9 Å². The van der Waals surface area contributed by atoms with Crippen LogP contribution in [0.5, 0.6) is 0 Å². The van der Waals surface area contributed by atoms with Crippen LogP contribution in [0, 0.1) is 6.92 Å². The zero-order chi connectivity index (χ0) is 10.8. The Labute approximate surface area is 95.6 Å². The minimum absolute atomic E-state index is 0.464. The van der Waals surface area contributed by atoms with E-state index in [1.54, 1.807) is 0 Å². The highest BCUT2D eigenvalue weighted by molar-refractivity contribution is 9.10. The lowest BCUT2D eigenvalue weighted by Crippen LogP contribution is -1.80. The van der Waals surface area contributed by atoms with E-state index < -0.39 is 0 Å². The summed E-state index contributed by atoms with van der Waals surface area (Å²) in [5.74, 6) is 0. The van der Waals surface area contributed by atoms with Crippen LogP contribution in [0.25, 0.3) is 11.3 Å². The quantitative estimate of drug-likeness (QED) is 0.848. The molecule has 1 N–H and O–H groups in total. The first-order valence-electron chi connectivity index (χ1n) is 4.48. The number of carbonyl (C=O) groups is 1. The van der Waals surface area contributed by atoms with Gasteiger partial charge in [0.2, 0.25) is 0 Å². The molecule has 4 heteroatoms. The summed E-state index contributed by atoms with van der Waals surface area (Å²) < 4.78 is 0.711. The Bertz CT molecular complexity index is 505. The molecule has 0 saturated heterocycles. The maximum atomic E-state index is 10.6. The van der Waals surface area contributed by atoms with Gasteiger partial charge in [0.05, 0.1) is 4.47 Å². The number of rotatable bonds is 2. The Morgan fingerprint density at radius 1 is 1.47 bits per heavy atom. The van der Waals surface area contributed by atoms with Crippen LogP contribution in [0.1, 0.15) is 16.1 Å². The molecule has 15 heavy (non-hydrogen) atoms. The van der Waals surface area contributed by atoms with Crippen molar-refractivity contribution in [1.29, 1.82) is 0 Å². The molecule has 3 nitrogen and oxygen atoms in total. The van der Waals surface area contributed by atoms with Gasteiger partial charge in [-0.3, -0.25) is 9.89 Å². The van der Waals surface area contributed by atoms with Crippen molar-refractivity contribution < 1.29 is 4.79 Å². The largest absolute Gasteiger partial charge is 0.296 e. The van der Waals surface area contributed by atoms with E-state index >= 15 is 0 Å². The third kappa shape index (κ3) is 1.85. The number of aromatic nitrogens is 2. The molecule has 0 fully saturated rings. The van der Waals surface area contributed by atoms with Crippen molar-refractivity contribution in [3.63, 3.8) is 0 Å². The van der Waals surface area contributed by atoms with Crippen LogP contribution in [0.15, 0.2) is 28.7 Å². The Morgan fingerprint density at radius 2 is 2.27 bits per heavy atom. The van der Waals surface area contributed by atoms with E-state index in [1.807, 2.05) is 31.2 Å². The summed E-state index contributed by atoms with van der Waals surface area (Å²) in [7, 11) is 0. The first kappa shape index (κ1) is 10.1. The van der Waals surface area contributed by atoms with E-state index in [0.717, 1.165) is 23.1 Å². The van der Waals surface area contributed by atoms with E-state index in [1.165, 1.54) is 0 Å². The molecule has 0 amide bonds. The van der Waals surface area contributed by atoms with E-state index in [9.17, 15) is 4.79 Å². The number of benzene rings is 1. The van der Waals surface area contributed by atoms with Gasteiger partial charge in [-0.2, -0.15) is 5.10 Å². The molecule has 0 saturated carbocycles. The Kier molecular flexibility index (Phi) is 2.68. The molecule has 1 aromatic heterocycles. The molecule has 0 bridgehead atoms. The molecular weight excluding hydrogens is 256 g/mol. The van der Waals surface area contributed by atoms with Gasteiger partial charge >= 0.3 is 0 Å². The molecular formula is C11H9BrN2O. The molecule has 2 aromatic rings. The SMILES string of the molecule is Cc1cccc(-c2n[nH]c(C=O)c2Br)c1. The number of carbonyl (C=O) groups excluding carboxylic acids is 1. The second-order valence-corrected chi connectivity index (χ2v) is 4.08. The summed E-state index contributed by atoms with van der Waals surface area (Å²) in [6.07, 6.45) is 0.746. The van der Waals surface area contributed by atoms with Gasteiger partial charge < -0.3 is 0 Å². The lowest BCUT2D eigenvalue weighted by Gasteiger charge is -1.98. The second kappa shape index (κ2) is 3.98. The van der Waals surface area contributed by atoms with Gasteiger partial charge in [-0.05, 0) is 28.9 Å². The second-order valence-electron chi connectivity index (χ2n) is 3.29. The molecule has 0 unspecified atom stereocenters. The summed E-state index contributed by atoms with van der Waals surface area (Å²) in [5.41, 5.74) is 3.38. The highest BCUT2D eigenvalue weighted by Gasteiger charge is 2.11. The lowest BCUT2D eigenvalue weighted by atomic mass is 10.1. The lowest BCUT2D eigenvalue weighted by molar-refractivity contribution is 0.111. The normalized spacial score (nSPS) is 10.3. The molecule has 0 radical (unpaired) electrons. The number of hydrogen-bond acceptors (Lipinski definition) is 2. The highest BCUT2D eigenvalue weighted by atomic mass is 79.9. The minimum Gasteiger partial charge on any atom is -0.296 e. The molecule has 0 spiro atoms. The van der Waals surface area contributed by atoms with Crippen LogP contribution in [0.2, 0.25) is 0 Å². The van der Waals surface area contributed by atoms with Crippen molar-refractivity contribution >= 4 is 22.2 Å². The van der Waals surface area contributed by atoms with Crippen molar-refractivity contribution in [1.82, 2.24) is 10.2 Å². The maximum Gasteiger partial charge on any atom is 0.169 e. The highest BCUT2D eigenvalue weighted by Crippen LogP contribution is 2.28. The molecule has 0 aliphatic carbocycles. The van der Waals surface area contributed by atoms with Crippen LogP contribution in [0.4, 0.5) is 0 Å². The van der Waals surface area contributed by atoms with E-state index in [4.69, 9.17) is 0 Å². The zero-order valence-corrected chi connectivity index (χ0v) is 9.71. The van der Waals surface area contributed by atoms with Crippen molar-refractivity contribution in [2.45, 2.75) is 6.92 Å². The van der Waals surface area contributed by atoms with Crippen LogP contribution in [-0.2, 0) is 0 Å². The van der Waals surface area contributed by atoms with Crippen molar-refractivity contribution in [3.05, 3.63) is 40.0 Å². The number of nitrogens with one attached hydrogen (secondary N) is 1. The van der Waals surface area contributed by atoms with Crippen molar-refractivity contribution in [3.8, 4) is 11.3 Å². The van der Waals surface area contributed by atoms with Gasteiger partial charge in [-0.15, -0.1) is 0 Å². The maximum absolute atomic E-state index is 10.6. The van der Waals surface area contributed by atoms with Crippen molar-refractivity contribution in [2.24, 2.45) is 0 Å². The Morgan fingerprint density at radius 3 is 2.87 bits per heavy atom. The fraction of sp³-hybridized carbons (Fsp3) is 0.0909. The first-order chi connectivity index (χ1) is 7.22.